The maximum atomic E-state index is 12.2. The minimum absolute atomic E-state index is 0.0143. The van der Waals surface area contributed by atoms with E-state index in [-0.39, 0.29) is 18.4 Å². The van der Waals surface area contributed by atoms with E-state index in [0.29, 0.717) is 0 Å². The van der Waals surface area contributed by atoms with Crippen molar-refractivity contribution in [2.75, 3.05) is 26.0 Å². The number of anilines is 1. The number of hydrogen-bond donors (Lipinski definition) is 1. The number of nitrogens with zero attached hydrogens (tertiary/aromatic N) is 1. The summed E-state index contributed by atoms with van der Waals surface area (Å²) in [6, 6.07) is 13.2. The van der Waals surface area contributed by atoms with Crippen LogP contribution in [0.4, 0.5) is 5.69 Å². The highest BCUT2D eigenvalue weighted by atomic mass is 16.5. The first-order chi connectivity index (χ1) is 12.4. The highest BCUT2D eigenvalue weighted by Crippen LogP contribution is 2.19. The molecule has 0 fully saturated rings. The van der Waals surface area contributed by atoms with E-state index in [0.717, 1.165) is 28.1 Å². The quantitative estimate of drug-likeness (QED) is 0.811. The molecule has 2 aromatic rings. The zero-order valence-electron chi connectivity index (χ0n) is 15.6. The van der Waals surface area contributed by atoms with E-state index in [1.54, 1.807) is 20.2 Å². The van der Waals surface area contributed by atoms with Crippen LogP contribution in [0.2, 0.25) is 0 Å². The van der Waals surface area contributed by atoms with Crippen molar-refractivity contribution in [2.45, 2.75) is 13.8 Å². The van der Waals surface area contributed by atoms with E-state index in [2.05, 4.69) is 5.32 Å². The van der Waals surface area contributed by atoms with Gasteiger partial charge in [0.2, 0.25) is 11.8 Å². The van der Waals surface area contributed by atoms with Gasteiger partial charge >= 0.3 is 0 Å². The number of rotatable bonds is 6. The third-order valence-electron chi connectivity index (χ3n) is 4.04. The van der Waals surface area contributed by atoms with Gasteiger partial charge in [0, 0.05) is 18.8 Å². The van der Waals surface area contributed by atoms with Crippen molar-refractivity contribution < 1.29 is 14.3 Å². The predicted molar refractivity (Wildman–Crippen MR) is 104 cm³/mol. The van der Waals surface area contributed by atoms with E-state index in [1.165, 1.54) is 11.0 Å². The number of nitrogens with one attached hydrogen (secondary N) is 1. The first-order valence-corrected chi connectivity index (χ1v) is 8.34. The number of hydrogen-bond acceptors (Lipinski definition) is 3. The number of benzene rings is 2. The Kier molecular flexibility index (Phi) is 6.55. The highest BCUT2D eigenvalue weighted by molar-refractivity contribution is 5.98. The van der Waals surface area contributed by atoms with Crippen LogP contribution in [-0.4, -0.2) is 37.4 Å². The molecular weight excluding hydrogens is 328 g/mol. The van der Waals surface area contributed by atoms with Crippen LogP contribution in [0.15, 0.2) is 48.5 Å². The monoisotopic (exact) mass is 352 g/mol. The number of carbonyl (C=O) groups is 2. The molecule has 0 bridgehead atoms. The minimum Gasteiger partial charge on any atom is -0.497 e. The number of ether oxygens (including phenoxy) is 1. The molecule has 1 N–H and O–H groups in total. The highest BCUT2D eigenvalue weighted by Gasteiger charge is 2.12. The second-order valence-corrected chi connectivity index (χ2v) is 6.12. The van der Waals surface area contributed by atoms with Gasteiger partial charge in [-0.2, -0.15) is 0 Å². The van der Waals surface area contributed by atoms with Crippen LogP contribution in [-0.2, 0) is 9.59 Å². The van der Waals surface area contributed by atoms with Crippen LogP contribution in [0.1, 0.15) is 16.7 Å². The van der Waals surface area contributed by atoms with E-state index in [9.17, 15) is 9.59 Å². The molecule has 0 heterocycles. The first-order valence-electron chi connectivity index (χ1n) is 8.34. The van der Waals surface area contributed by atoms with Crippen molar-refractivity contribution in [1.29, 1.82) is 0 Å². The molecule has 0 aliphatic rings. The van der Waals surface area contributed by atoms with Crippen molar-refractivity contribution >= 4 is 23.6 Å². The summed E-state index contributed by atoms with van der Waals surface area (Å²) in [6.45, 7) is 3.86. The van der Waals surface area contributed by atoms with Crippen molar-refractivity contribution in [3.05, 3.63) is 65.2 Å². The largest absolute Gasteiger partial charge is 0.497 e. The molecule has 0 unspecified atom stereocenters. The number of amides is 2. The standard InChI is InChI=1S/C21H24N2O3/c1-15-6-5-7-16(2)21(15)22-19(24)14-23(3)20(25)13-10-17-8-11-18(26-4)12-9-17/h5-13H,14H2,1-4H3,(H,22,24)/b13-10+. The van der Waals surface area contributed by atoms with Crippen molar-refractivity contribution in [2.24, 2.45) is 0 Å². The van der Waals surface area contributed by atoms with Gasteiger partial charge < -0.3 is 15.0 Å². The molecule has 0 radical (unpaired) electrons. The maximum Gasteiger partial charge on any atom is 0.246 e. The molecule has 5 nitrogen and oxygen atoms in total. The van der Waals surface area contributed by atoms with Gasteiger partial charge in [-0.3, -0.25) is 9.59 Å². The fourth-order valence-corrected chi connectivity index (χ4v) is 2.49. The van der Waals surface area contributed by atoms with Gasteiger partial charge in [-0.15, -0.1) is 0 Å². The van der Waals surface area contributed by atoms with E-state index >= 15 is 0 Å². The molecule has 0 spiro atoms. The van der Waals surface area contributed by atoms with Gasteiger partial charge in [-0.25, -0.2) is 0 Å². The Morgan fingerprint density at radius 2 is 1.69 bits per heavy atom. The average molecular weight is 352 g/mol. The Morgan fingerprint density at radius 3 is 2.27 bits per heavy atom. The molecule has 0 saturated carbocycles. The lowest BCUT2D eigenvalue weighted by Crippen LogP contribution is -2.34. The molecule has 0 aliphatic heterocycles. The summed E-state index contributed by atoms with van der Waals surface area (Å²) in [6.07, 6.45) is 3.16. The number of aryl methyl sites for hydroxylation is 2. The summed E-state index contributed by atoms with van der Waals surface area (Å²) in [5, 5.41) is 2.88. The van der Waals surface area contributed by atoms with Crippen LogP contribution >= 0.6 is 0 Å². The van der Waals surface area contributed by atoms with Gasteiger partial charge in [-0.1, -0.05) is 30.3 Å². The lowest BCUT2D eigenvalue weighted by Gasteiger charge is -2.16. The Bertz CT molecular complexity index is 790. The zero-order valence-corrected chi connectivity index (χ0v) is 15.6. The van der Waals surface area contributed by atoms with Crippen LogP contribution < -0.4 is 10.1 Å². The van der Waals surface area contributed by atoms with Crippen molar-refractivity contribution in [1.82, 2.24) is 4.90 Å². The second-order valence-electron chi connectivity index (χ2n) is 6.12. The summed E-state index contributed by atoms with van der Waals surface area (Å²) in [5.74, 6) is 0.294. The summed E-state index contributed by atoms with van der Waals surface area (Å²) in [5.41, 5.74) is 3.66. The normalized spacial score (nSPS) is 10.6. The van der Waals surface area contributed by atoms with Gasteiger partial charge in [0.1, 0.15) is 5.75 Å². The van der Waals surface area contributed by atoms with Gasteiger partial charge in [-0.05, 0) is 48.7 Å². The molecule has 2 rings (SSSR count). The second kappa shape index (κ2) is 8.85. The molecular formula is C21H24N2O3. The topological polar surface area (TPSA) is 58.6 Å². The summed E-state index contributed by atoms with van der Waals surface area (Å²) in [7, 11) is 3.21. The first kappa shape index (κ1) is 19.2. The average Bonchev–Trinajstić information content (AvgIpc) is 2.63. The molecule has 26 heavy (non-hydrogen) atoms. The summed E-state index contributed by atoms with van der Waals surface area (Å²) >= 11 is 0. The van der Waals surface area contributed by atoms with Crippen LogP contribution in [0.5, 0.6) is 5.75 Å². The molecule has 2 aromatic carbocycles. The SMILES string of the molecule is COc1ccc(/C=C/C(=O)N(C)CC(=O)Nc2c(C)cccc2C)cc1. The van der Waals surface area contributed by atoms with Crippen LogP contribution in [0, 0.1) is 13.8 Å². The fourth-order valence-electron chi connectivity index (χ4n) is 2.49. The van der Waals surface area contributed by atoms with Gasteiger partial charge in [0.25, 0.3) is 0 Å². The lowest BCUT2D eigenvalue weighted by molar-refractivity contribution is -0.129. The number of methoxy groups -OCH3 is 1. The third kappa shape index (κ3) is 5.21. The van der Waals surface area contributed by atoms with Crippen LogP contribution in [0.25, 0.3) is 6.08 Å². The Morgan fingerprint density at radius 1 is 1.08 bits per heavy atom. The molecule has 0 aliphatic carbocycles. The molecule has 0 atom stereocenters. The minimum atomic E-state index is -0.238. The van der Waals surface area contributed by atoms with E-state index in [4.69, 9.17) is 4.74 Å². The Balaban J connectivity index is 1.93. The maximum absolute atomic E-state index is 12.2. The zero-order chi connectivity index (χ0) is 19.1. The number of likely N-dealkylation sites (N-methyl/N-ethyl adjacent to an activating group) is 1. The number of para-hydroxylation sites is 1. The molecule has 5 heteroatoms. The van der Waals surface area contributed by atoms with Crippen LogP contribution in [0.3, 0.4) is 0 Å². The molecule has 2 amide bonds. The van der Waals surface area contributed by atoms with Crippen molar-refractivity contribution in [3.8, 4) is 5.75 Å². The van der Waals surface area contributed by atoms with Crippen molar-refractivity contribution in [3.63, 3.8) is 0 Å². The predicted octanol–water partition coefficient (Wildman–Crippen LogP) is 3.42. The fraction of sp³-hybridized carbons (Fsp3) is 0.238. The lowest BCUT2D eigenvalue weighted by atomic mass is 10.1. The third-order valence-corrected chi connectivity index (χ3v) is 4.04. The summed E-state index contributed by atoms with van der Waals surface area (Å²) in [4.78, 5) is 25.8. The molecule has 0 saturated heterocycles. The number of carbonyl (C=O) groups excluding carboxylic acids is 2. The van der Waals surface area contributed by atoms with E-state index in [1.807, 2.05) is 56.3 Å². The summed E-state index contributed by atoms with van der Waals surface area (Å²) < 4.78 is 5.10. The smallest absolute Gasteiger partial charge is 0.246 e. The molecule has 0 aromatic heterocycles. The molecule has 136 valence electrons. The van der Waals surface area contributed by atoms with Gasteiger partial charge in [0.05, 0.1) is 13.7 Å². The van der Waals surface area contributed by atoms with E-state index < -0.39 is 0 Å². The Labute approximate surface area is 154 Å². The Hall–Kier alpha value is -3.08. The van der Waals surface area contributed by atoms with Gasteiger partial charge in [0.15, 0.2) is 0 Å².